The summed E-state index contributed by atoms with van der Waals surface area (Å²) in [7, 11) is 0. The molecule has 170 valence electrons. The van der Waals surface area contributed by atoms with Gasteiger partial charge in [-0.25, -0.2) is 19.6 Å². The molecule has 0 aliphatic heterocycles. The first-order valence-electron chi connectivity index (χ1n) is 10.1. The van der Waals surface area contributed by atoms with Crippen LogP contribution in [0.5, 0.6) is 0 Å². The Bertz CT molecular complexity index is 1490. The molecule has 0 unspecified atom stereocenters. The third-order valence-corrected chi connectivity index (χ3v) is 5.25. The van der Waals surface area contributed by atoms with Crippen molar-refractivity contribution in [1.29, 1.82) is 0 Å². The van der Waals surface area contributed by atoms with E-state index >= 15 is 0 Å². The van der Waals surface area contributed by atoms with Crippen LogP contribution in [0.3, 0.4) is 0 Å². The number of halogens is 3. The smallest absolute Gasteiger partial charge is 0.320 e. The van der Waals surface area contributed by atoms with Crippen molar-refractivity contribution in [3.63, 3.8) is 0 Å². The molecule has 1 N–H and O–H groups in total. The number of anilines is 1. The van der Waals surface area contributed by atoms with Gasteiger partial charge in [-0.2, -0.15) is 18.3 Å². The van der Waals surface area contributed by atoms with Crippen LogP contribution >= 0.6 is 0 Å². The Morgan fingerprint density at radius 1 is 0.912 bits per heavy atom. The molecule has 0 saturated heterocycles. The Labute approximate surface area is 190 Å². The lowest BCUT2D eigenvalue weighted by Crippen LogP contribution is -2.14. The van der Waals surface area contributed by atoms with Crippen molar-refractivity contribution in [3.05, 3.63) is 90.3 Å². The second-order valence-electron chi connectivity index (χ2n) is 7.42. The number of aromatic nitrogens is 6. The molecule has 1 aromatic carbocycles. The van der Waals surface area contributed by atoms with Crippen LogP contribution in [0.2, 0.25) is 0 Å². The van der Waals surface area contributed by atoms with Gasteiger partial charge in [0.1, 0.15) is 12.1 Å². The maximum atomic E-state index is 12.8. The number of imidazole rings is 1. The lowest BCUT2D eigenvalue weighted by Gasteiger charge is -2.09. The van der Waals surface area contributed by atoms with E-state index in [-0.39, 0.29) is 11.4 Å². The number of benzene rings is 1. The summed E-state index contributed by atoms with van der Waals surface area (Å²) in [5.41, 5.74) is 2.05. The van der Waals surface area contributed by atoms with Crippen LogP contribution in [0, 0.1) is 6.92 Å². The number of amides is 1. The normalized spacial score (nSPS) is 11.6. The van der Waals surface area contributed by atoms with E-state index in [4.69, 9.17) is 0 Å². The summed E-state index contributed by atoms with van der Waals surface area (Å²) < 4.78 is 41.4. The van der Waals surface area contributed by atoms with Gasteiger partial charge in [0.15, 0.2) is 5.82 Å². The first kappa shape index (κ1) is 21.3. The highest BCUT2D eigenvalue weighted by atomic mass is 19.4. The van der Waals surface area contributed by atoms with Crippen LogP contribution in [-0.2, 0) is 6.18 Å². The Balaban J connectivity index is 1.33. The van der Waals surface area contributed by atoms with Crippen LogP contribution in [0.15, 0.2) is 73.4 Å². The molecule has 34 heavy (non-hydrogen) atoms. The molecular formula is C23H16F3N7O. The molecule has 0 aliphatic carbocycles. The fraction of sp³-hybridized carbons (Fsp3) is 0.0870. The highest BCUT2D eigenvalue weighted by Crippen LogP contribution is 2.29. The molecule has 0 atom stereocenters. The van der Waals surface area contributed by atoms with Gasteiger partial charge in [0.2, 0.25) is 0 Å². The zero-order valence-electron chi connectivity index (χ0n) is 17.7. The van der Waals surface area contributed by atoms with Gasteiger partial charge in [0.25, 0.3) is 5.91 Å². The minimum absolute atomic E-state index is 0.170. The summed E-state index contributed by atoms with van der Waals surface area (Å²) in [4.78, 5) is 25.3. The molecule has 0 radical (unpaired) electrons. The number of alkyl halides is 3. The Morgan fingerprint density at radius 2 is 1.68 bits per heavy atom. The summed E-state index contributed by atoms with van der Waals surface area (Å²) in [5, 5.41) is 6.86. The van der Waals surface area contributed by atoms with Crippen molar-refractivity contribution in [2.75, 3.05) is 5.32 Å². The molecule has 11 heteroatoms. The van der Waals surface area contributed by atoms with E-state index in [2.05, 4.69) is 25.4 Å². The minimum Gasteiger partial charge on any atom is -0.320 e. The maximum absolute atomic E-state index is 12.8. The molecule has 5 aromatic rings. The second kappa shape index (κ2) is 8.10. The third kappa shape index (κ3) is 3.87. The number of nitrogens with one attached hydrogen (secondary N) is 1. The van der Waals surface area contributed by atoms with E-state index < -0.39 is 17.6 Å². The summed E-state index contributed by atoms with van der Waals surface area (Å²) in [6, 6.07) is 13.3. The maximum Gasteiger partial charge on any atom is 0.417 e. The summed E-state index contributed by atoms with van der Waals surface area (Å²) >= 11 is 0. The largest absolute Gasteiger partial charge is 0.417 e. The Kier molecular flexibility index (Phi) is 5.08. The molecule has 0 fully saturated rings. The van der Waals surface area contributed by atoms with Crippen LogP contribution in [0.1, 0.15) is 21.6 Å². The number of rotatable bonds is 4. The number of para-hydroxylation sites is 2. The second-order valence-corrected chi connectivity index (χ2v) is 7.42. The van der Waals surface area contributed by atoms with Crippen molar-refractivity contribution < 1.29 is 18.0 Å². The first-order chi connectivity index (χ1) is 16.3. The average Bonchev–Trinajstić information content (AvgIpc) is 3.43. The molecule has 4 aromatic heterocycles. The summed E-state index contributed by atoms with van der Waals surface area (Å²) in [6.45, 7) is 1.63. The van der Waals surface area contributed by atoms with Crippen LogP contribution in [-0.4, -0.2) is 35.2 Å². The summed E-state index contributed by atoms with van der Waals surface area (Å²) in [6.07, 6.45) is 0.790. The van der Waals surface area contributed by atoms with Gasteiger partial charge < -0.3 is 5.32 Å². The Hall–Kier alpha value is -4.54. The molecule has 0 aliphatic rings. The number of fused-ring (bicyclic) bond motifs is 1. The molecule has 0 bridgehead atoms. The van der Waals surface area contributed by atoms with Crippen molar-refractivity contribution in [2.24, 2.45) is 0 Å². The van der Waals surface area contributed by atoms with E-state index in [0.29, 0.717) is 17.2 Å². The zero-order chi connectivity index (χ0) is 23.9. The van der Waals surface area contributed by atoms with E-state index in [9.17, 15) is 18.0 Å². The number of nitrogens with zero attached hydrogens (tertiary/aromatic N) is 6. The lowest BCUT2D eigenvalue weighted by atomic mass is 10.2. The highest BCUT2D eigenvalue weighted by Gasteiger charge is 2.30. The predicted octanol–water partition coefficient (Wildman–Crippen LogP) is 4.58. The van der Waals surface area contributed by atoms with Crippen molar-refractivity contribution in [2.45, 2.75) is 13.1 Å². The number of carbonyl (C=O) groups excluding carboxylic acids is 1. The number of carbonyl (C=O) groups is 1. The monoisotopic (exact) mass is 463 g/mol. The standard InChI is InChI=1S/C23H16F3N7O/c1-14-17(12-30-33(14)21-8-6-15(10-27-21)23(24,25)26)22(34)31-16-7-9-20(28-11-16)32-13-29-18-4-2-3-5-19(18)32/h2-13H,1H3,(H,31,34). The van der Waals surface area contributed by atoms with Gasteiger partial charge in [-0.3, -0.25) is 9.36 Å². The first-order valence-corrected chi connectivity index (χ1v) is 10.1. The van der Waals surface area contributed by atoms with E-state index in [0.717, 1.165) is 23.3 Å². The van der Waals surface area contributed by atoms with Crippen molar-refractivity contribution >= 4 is 22.6 Å². The van der Waals surface area contributed by atoms with E-state index in [1.165, 1.54) is 23.1 Å². The fourth-order valence-corrected chi connectivity index (χ4v) is 3.49. The molecule has 8 nitrogen and oxygen atoms in total. The fourth-order valence-electron chi connectivity index (χ4n) is 3.49. The highest BCUT2D eigenvalue weighted by molar-refractivity contribution is 6.04. The molecular weight excluding hydrogens is 447 g/mol. The van der Waals surface area contributed by atoms with Crippen molar-refractivity contribution in [3.8, 4) is 11.6 Å². The third-order valence-electron chi connectivity index (χ3n) is 5.25. The lowest BCUT2D eigenvalue weighted by molar-refractivity contribution is -0.137. The number of pyridine rings is 2. The zero-order valence-corrected chi connectivity index (χ0v) is 17.7. The van der Waals surface area contributed by atoms with Crippen LogP contribution in [0.25, 0.3) is 22.7 Å². The van der Waals surface area contributed by atoms with E-state index in [1.54, 1.807) is 25.4 Å². The number of hydrogen-bond donors (Lipinski definition) is 1. The molecule has 0 spiro atoms. The van der Waals surface area contributed by atoms with Crippen molar-refractivity contribution in [1.82, 2.24) is 29.3 Å². The molecule has 4 heterocycles. The average molecular weight is 463 g/mol. The minimum atomic E-state index is -4.48. The van der Waals surface area contributed by atoms with Gasteiger partial charge in [0.05, 0.1) is 45.9 Å². The molecule has 0 saturated carbocycles. The van der Waals surface area contributed by atoms with Crippen LogP contribution < -0.4 is 5.32 Å². The SMILES string of the molecule is Cc1c(C(=O)Nc2ccc(-n3cnc4ccccc43)nc2)cnn1-c1ccc(C(F)(F)F)cn1. The molecule has 1 amide bonds. The van der Waals surface area contributed by atoms with Gasteiger partial charge in [-0.15, -0.1) is 0 Å². The topological polar surface area (TPSA) is 90.5 Å². The molecule has 5 rings (SSSR count). The quantitative estimate of drug-likeness (QED) is 0.421. The summed E-state index contributed by atoms with van der Waals surface area (Å²) in [5.74, 6) is 0.380. The van der Waals surface area contributed by atoms with E-state index in [1.807, 2.05) is 28.8 Å². The van der Waals surface area contributed by atoms with Crippen LogP contribution in [0.4, 0.5) is 18.9 Å². The van der Waals surface area contributed by atoms with Gasteiger partial charge in [-0.1, -0.05) is 12.1 Å². The van der Waals surface area contributed by atoms with Gasteiger partial charge in [-0.05, 0) is 43.3 Å². The number of hydrogen-bond acceptors (Lipinski definition) is 5. The predicted molar refractivity (Wildman–Crippen MR) is 118 cm³/mol. The van der Waals surface area contributed by atoms with Gasteiger partial charge in [0, 0.05) is 6.20 Å². The Morgan fingerprint density at radius 3 is 2.38 bits per heavy atom. The van der Waals surface area contributed by atoms with Gasteiger partial charge >= 0.3 is 6.18 Å².